The molecule has 2 aliphatic rings. The molecule has 0 spiro atoms. The smallest absolute Gasteiger partial charge is 0.258 e. The number of ether oxygens (including phenoxy) is 2. The largest absolute Gasteiger partial charge is 0.494 e. The Hall–Kier alpha value is -1.95. The van der Waals surface area contributed by atoms with E-state index in [0.29, 0.717) is 34.2 Å². The van der Waals surface area contributed by atoms with Crippen LogP contribution in [-0.4, -0.2) is 49.7 Å². The first-order valence-corrected chi connectivity index (χ1v) is 10.6. The molecular formula is C22H24Cl2N2O3. The zero-order valence-corrected chi connectivity index (χ0v) is 17.5. The highest BCUT2D eigenvalue weighted by Gasteiger charge is 2.56. The van der Waals surface area contributed by atoms with Gasteiger partial charge in [-0.2, -0.15) is 0 Å². The van der Waals surface area contributed by atoms with Gasteiger partial charge in [0.05, 0.1) is 6.61 Å². The maximum Gasteiger partial charge on any atom is 0.258 e. The Labute approximate surface area is 180 Å². The fraction of sp³-hybridized carbons (Fsp3) is 0.409. The lowest BCUT2D eigenvalue weighted by atomic mass is 10.3. The summed E-state index contributed by atoms with van der Waals surface area (Å²) in [6.07, 6.45) is 0.980. The number of likely N-dealkylation sites (tertiary alicyclic amines) is 1. The van der Waals surface area contributed by atoms with Gasteiger partial charge in [0.2, 0.25) is 0 Å². The molecule has 5 nitrogen and oxygen atoms in total. The fourth-order valence-corrected chi connectivity index (χ4v) is 4.18. The first-order chi connectivity index (χ1) is 14.1. The van der Waals surface area contributed by atoms with Crippen LogP contribution in [0.3, 0.4) is 0 Å². The van der Waals surface area contributed by atoms with Crippen LogP contribution in [0.4, 0.5) is 0 Å². The van der Waals surface area contributed by atoms with Crippen LogP contribution in [0.15, 0.2) is 48.5 Å². The molecule has 2 aromatic carbocycles. The van der Waals surface area contributed by atoms with Crippen molar-refractivity contribution < 1.29 is 14.3 Å². The minimum atomic E-state index is -0.0673. The van der Waals surface area contributed by atoms with Crippen molar-refractivity contribution in [3.8, 4) is 11.5 Å². The Morgan fingerprint density at radius 2 is 1.48 bits per heavy atom. The van der Waals surface area contributed by atoms with E-state index in [1.807, 2.05) is 24.3 Å². The third-order valence-corrected chi connectivity index (χ3v) is 5.99. The molecule has 1 aliphatic carbocycles. The van der Waals surface area contributed by atoms with Crippen molar-refractivity contribution in [1.82, 2.24) is 10.2 Å². The average Bonchev–Trinajstić information content (AvgIpc) is 3.15. The number of nitrogens with zero attached hydrogens (tertiary/aromatic N) is 1. The summed E-state index contributed by atoms with van der Waals surface area (Å²) in [5, 5.41) is 4.46. The van der Waals surface area contributed by atoms with Gasteiger partial charge in [0.1, 0.15) is 11.5 Å². The number of carbonyl (C=O) groups is 1. The first kappa shape index (κ1) is 20.3. The topological polar surface area (TPSA) is 50.8 Å². The summed E-state index contributed by atoms with van der Waals surface area (Å²) in [5.74, 6) is 2.55. The normalized spacial score (nSPS) is 22.8. The van der Waals surface area contributed by atoms with Crippen LogP contribution in [0.1, 0.15) is 6.42 Å². The molecule has 7 heteroatoms. The molecule has 0 radical (unpaired) electrons. The van der Waals surface area contributed by atoms with Crippen LogP contribution < -0.4 is 14.8 Å². The van der Waals surface area contributed by atoms with Gasteiger partial charge in [0, 0.05) is 35.7 Å². The summed E-state index contributed by atoms with van der Waals surface area (Å²) in [5.41, 5.74) is 0. The van der Waals surface area contributed by atoms with E-state index in [2.05, 4.69) is 10.2 Å². The van der Waals surface area contributed by atoms with Crippen LogP contribution in [0.25, 0.3) is 0 Å². The quantitative estimate of drug-likeness (QED) is 0.608. The third-order valence-electron chi connectivity index (χ3n) is 5.48. The molecule has 1 aliphatic heterocycles. The number of piperidine rings is 1. The van der Waals surface area contributed by atoms with Gasteiger partial charge in [0.15, 0.2) is 6.61 Å². The minimum absolute atomic E-state index is 0.0311. The number of nitrogens with one attached hydrogen (secondary N) is 1. The van der Waals surface area contributed by atoms with E-state index in [1.165, 1.54) is 0 Å². The second-order valence-corrected chi connectivity index (χ2v) is 8.45. The molecule has 1 saturated carbocycles. The summed E-state index contributed by atoms with van der Waals surface area (Å²) in [6, 6.07) is 14.7. The average molecular weight is 435 g/mol. The molecule has 1 heterocycles. The van der Waals surface area contributed by atoms with Gasteiger partial charge in [0.25, 0.3) is 5.91 Å². The molecule has 0 aromatic heterocycles. The Balaban J connectivity index is 1.08. The number of rotatable bonds is 9. The van der Waals surface area contributed by atoms with Crippen molar-refractivity contribution >= 4 is 29.1 Å². The minimum Gasteiger partial charge on any atom is -0.494 e. The number of hydrogen-bond donors (Lipinski definition) is 1. The number of halogens is 2. The van der Waals surface area contributed by atoms with Crippen LogP contribution in [0.2, 0.25) is 10.0 Å². The van der Waals surface area contributed by atoms with Gasteiger partial charge in [-0.1, -0.05) is 23.2 Å². The number of benzene rings is 2. The molecule has 1 saturated heterocycles. The molecule has 2 aromatic rings. The Bertz CT molecular complexity index is 817. The first-order valence-electron chi connectivity index (χ1n) is 9.87. The summed E-state index contributed by atoms with van der Waals surface area (Å²) in [7, 11) is 0. The number of carbonyl (C=O) groups excluding carboxylic acids is 1. The molecule has 154 valence electrons. The molecular weight excluding hydrogens is 411 g/mol. The van der Waals surface area contributed by atoms with Crippen molar-refractivity contribution in [1.29, 1.82) is 0 Å². The molecule has 4 rings (SSSR count). The van der Waals surface area contributed by atoms with Crippen LogP contribution in [0, 0.1) is 11.8 Å². The van der Waals surface area contributed by atoms with Gasteiger partial charge in [-0.3, -0.25) is 4.79 Å². The lowest BCUT2D eigenvalue weighted by Crippen LogP contribution is -2.37. The second kappa shape index (κ2) is 9.24. The molecule has 1 N–H and O–H groups in total. The maximum absolute atomic E-state index is 12.1. The Morgan fingerprint density at radius 3 is 2.07 bits per heavy atom. The lowest BCUT2D eigenvalue weighted by Gasteiger charge is -2.20. The van der Waals surface area contributed by atoms with E-state index in [0.717, 1.165) is 31.8 Å². The zero-order valence-electron chi connectivity index (χ0n) is 16.0. The predicted molar refractivity (Wildman–Crippen MR) is 114 cm³/mol. The highest BCUT2D eigenvalue weighted by Crippen LogP contribution is 2.45. The predicted octanol–water partition coefficient (Wildman–Crippen LogP) is 3.89. The molecule has 3 atom stereocenters. The molecule has 2 fully saturated rings. The zero-order chi connectivity index (χ0) is 20.2. The Morgan fingerprint density at radius 1 is 0.931 bits per heavy atom. The number of hydrogen-bond acceptors (Lipinski definition) is 4. The third kappa shape index (κ3) is 5.56. The summed E-state index contributed by atoms with van der Waals surface area (Å²) >= 11 is 11.7. The van der Waals surface area contributed by atoms with E-state index < -0.39 is 0 Å². The van der Waals surface area contributed by atoms with Crippen LogP contribution in [-0.2, 0) is 4.79 Å². The van der Waals surface area contributed by atoms with Crippen molar-refractivity contribution in [2.75, 3.05) is 32.8 Å². The van der Waals surface area contributed by atoms with E-state index in [4.69, 9.17) is 32.7 Å². The summed E-state index contributed by atoms with van der Waals surface area (Å²) < 4.78 is 11.2. The summed E-state index contributed by atoms with van der Waals surface area (Å²) in [6.45, 7) is 3.81. The number of fused-ring (bicyclic) bond motifs is 1. The van der Waals surface area contributed by atoms with Gasteiger partial charge in [-0.25, -0.2) is 0 Å². The molecule has 1 unspecified atom stereocenters. The van der Waals surface area contributed by atoms with Gasteiger partial charge in [-0.05, 0) is 66.8 Å². The second-order valence-electron chi connectivity index (χ2n) is 7.58. The van der Waals surface area contributed by atoms with Crippen molar-refractivity contribution in [2.45, 2.75) is 12.5 Å². The van der Waals surface area contributed by atoms with Crippen LogP contribution in [0.5, 0.6) is 11.5 Å². The maximum atomic E-state index is 12.1. The molecule has 29 heavy (non-hydrogen) atoms. The van der Waals surface area contributed by atoms with E-state index in [1.54, 1.807) is 24.3 Å². The van der Waals surface area contributed by atoms with Gasteiger partial charge in [-0.15, -0.1) is 0 Å². The number of amides is 1. The standard InChI is InChI=1S/C22H24Cl2N2O3/c23-15-2-6-17(7-3-15)28-11-1-10-26-12-19-20(13-26)22(19)25-21(27)14-29-18-8-4-16(24)5-9-18/h2-9,19-20,22H,1,10-14H2,(H,25,27)/t19-,20?,22+/m0/s1. The van der Waals surface area contributed by atoms with Gasteiger partial charge < -0.3 is 19.7 Å². The fourth-order valence-electron chi connectivity index (χ4n) is 3.93. The molecule has 0 bridgehead atoms. The van der Waals surface area contributed by atoms with Crippen LogP contribution >= 0.6 is 23.2 Å². The highest BCUT2D eigenvalue weighted by molar-refractivity contribution is 6.30. The van der Waals surface area contributed by atoms with Crippen molar-refractivity contribution in [2.24, 2.45) is 11.8 Å². The Kier molecular flexibility index (Phi) is 6.48. The molecule has 1 amide bonds. The summed E-state index contributed by atoms with van der Waals surface area (Å²) in [4.78, 5) is 14.6. The van der Waals surface area contributed by atoms with E-state index >= 15 is 0 Å². The van der Waals surface area contributed by atoms with Gasteiger partial charge >= 0.3 is 0 Å². The van der Waals surface area contributed by atoms with E-state index in [-0.39, 0.29) is 18.6 Å². The highest BCUT2D eigenvalue weighted by atomic mass is 35.5. The van der Waals surface area contributed by atoms with E-state index in [9.17, 15) is 4.79 Å². The van der Waals surface area contributed by atoms with Crippen molar-refractivity contribution in [3.05, 3.63) is 58.6 Å². The monoisotopic (exact) mass is 434 g/mol. The van der Waals surface area contributed by atoms with Crippen molar-refractivity contribution in [3.63, 3.8) is 0 Å². The SMILES string of the molecule is O=C(COc1ccc(Cl)cc1)N[C@H]1C2CN(CCCOc3ccc(Cl)cc3)C[C@@H]21. The lowest BCUT2D eigenvalue weighted by molar-refractivity contribution is -0.123.